The summed E-state index contributed by atoms with van der Waals surface area (Å²) in [6.07, 6.45) is 3.83. The fraction of sp³-hybridized carbons (Fsp3) is 0.333. The highest BCUT2D eigenvalue weighted by Gasteiger charge is 2.07. The van der Waals surface area contributed by atoms with Crippen LogP contribution in [0.2, 0.25) is 0 Å². The molecule has 0 fully saturated rings. The smallest absolute Gasteiger partial charge is 0.214 e. The van der Waals surface area contributed by atoms with E-state index in [1.165, 1.54) is 0 Å². The first-order chi connectivity index (χ1) is 11.7. The van der Waals surface area contributed by atoms with Crippen LogP contribution in [0.25, 0.3) is 5.69 Å². The monoisotopic (exact) mass is 389 g/mol. The number of hydrazone groups is 1. The summed E-state index contributed by atoms with van der Waals surface area (Å²) >= 11 is 3.59. The molecule has 1 N–H and O–H groups in total. The Morgan fingerprint density at radius 3 is 2.58 bits per heavy atom. The molecule has 6 heteroatoms. The minimum absolute atomic E-state index is 0.724. The lowest BCUT2D eigenvalue weighted by atomic mass is 10.3. The van der Waals surface area contributed by atoms with Crippen LogP contribution in [0.4, 0.5) is 0 Å². The molecule has 1 aromatic carbocycles. The number of aliphatic imine (C=N–C) groups is 1. The number of aromatic nitrogens is 1. The van der Waals surface area contributed by atoms with E-state index in [4.69, 9.17) is 0 Å². The molecule has 2 rings (SSSR count). The molecule has 0 aliphatic heterocycles. The molecule has 0 saturated heterocycles. The molecule has 1 heterocycles. The zero-order valence-electron chi connectivity index (χ0n) is 14.4. The summed E-state index contributed by atoms with van der Waals surface area (Å²) < 4.78 is 3.13. The largest absolute Gasteiger partial charge is 0.342 e. The van der Waals surface area contributed by atoms with Crippen molar-refractivity contribution in [3.8, 4) is 5.69 Å². The molecule has 0 spiro atoms. The predicted molar refractivity (Wildman–Crippen MR) is 105 cm³/mol. The van der Waals surface area contributed by atoms with Crippen molar-refractivity contribution in [1.29, 1.82) is 0 Å². The fourth-order valence-corrected chi connectivity index (χ4v) is 2.88. The van der Waals surface area contributed by atoms with E-state index in [0.717, 1.165) is 41.4 Å². The van der Waals surface area contributed by atoms with Gasteiger partial charge in [0, 0.05) is 30.3 Å². The van der Waals surface area contributed by atoms with Crippen molar-refractivity contribution in [2.75, 3.05) is 19.6 Å². The van der Waals surface area contributed by atoms with Gasteiger partial charge in [-0.2, -0.15) is 5.10 Å². The first kappa shape index (κ1) is 18.3. The van der Waals surface area contributed by atoms with Crippen LogP contribution in [0.3, 0.4) is 0 Å². The van der Waals surface area contributed by atoms with Crippen molar-refractivity contribution in [3.63, 3.8) is 0 Å². The second-order valence-corrected chi connectivity index (χ2v) is 5.95. The van der Waals surface area contributed by atoms with Gasteiger partial charge in [-0.05, 0) is 61.0 Å². The predicted octanol–water partition coefficient (Wildman–Crippen LogP) is 3.88. The van der Waals surface area contributed by atoms with Crippen molar-refractivity contribution < 1.29 is 0 Å². The number of nitrogens with one attached hydrogen (secondary N) is 1. The number of halogens is 1. The lowest BCUT2D eigenvalue weighted by Gasteiger charge is -2.21. The van der Waals surface area contributed by atoms with Crippen LogP contribution in [-0.2, 0) is 0 Å². The lowest BCUT2D eigenvalue weighted by molar-refractivity contribution is 0.446. The summed E-state index contributed by atoms with van der Waals surface area (Å²) in [6, 6.07) is 12.1. The second kappa shape index (κ2) is 9.27. The molecule has 0 radical (unpaired) electrons. The van der Waals surface area contributed by atoms with E-state index in [1.54, 1.807) is 0 Å². The Morgan fingerprint density at radius 2 is 1.92 bits per heavy atom. The molecule has 0 aliphatic carbocycles. The molecule has 0 bridgehead atoms. The van der Waals surface area contributed by atoms with Crippen molar-refractivity contribution in [3.05, 3.63) is 52.8 Å². The van der Waals surface area contributed by atoms with Gasteiger partial charge in [-0.3, -0.25) is 4.99 Å². The van der Waals surface area contributed by atoms with Gasteiger partial charge in [-0.1, -0.05) is 12.1 Å². The van der Waals surface area contributed by atoms with Crippen LogP contribution in [-0.4, -0.2) is 41.3 Å². The summed E-state index contributed by atoms with van der Waals surface area (Å²) in [6.45, 7) is 8.75. The Kier molecular flexibility index (Phi) is 7.06. The number of hydrogen-bond donors (Lipinski definition) is 1. The third-order valence-corrected chi connectivity index (χ3v) is 4.30. The molecule has 0 saturated carbocycles. The number of benzene rings is 1. The number of para-hydroxylation sites is 1. The van der Waals surface area contributed by atoms with E-state index < -0.39 is 0 Å². The summed E-state index contributed by atoms with van der Waals surface area (Å²) in [5, 5.41) is 4.38. The van der Waals surface area contributed by atoms with Crippen LogP contribution in [0.5, 0.6) is 0 Å². The third kappa shape index (κ3) is 4.47. The first-order valence-corrected chi connectivity index (χ1v) is 9.01. The van der Waals surface area contributed by atoms with Gasteiger partial charge >= 0.3 is 0 Å². The normalized spacial score (nSPS) is 11.9. The summed E-state index contributed by atoms with van der Waals surface area (Å²) in [7, 11) is 0. The van der Waals surface area contributed by atoms with E-state index in [0.29, 0.717) is 0 Å². The molecule has 0 amide bonds. The Balaban J connectivity index is 2.17. The van der Waals surface area contributed by atoms with Crippen molar-refractivity contribution >= 4 is 28.1 Å². The zero-order chi connectivity index (χ0) is 17.4. The number of rotatable bonds is 6. The van der Waals surface area contributed by atoms with Gasteiger partial charge in [0.15, 0.2) is 0 Å². The maximum Gasteiger partial charge on any atom is 0.214 e. The first-order valence-electron chi connectivity index (χ1n) is 8.21. The second-order valence-electron chi connectivity index (χ2n) is 5.09. The molecule has 0 aliphatic rings. The van der Waals surface area contributed by atoms with E-state index >= 15 is 0 Å². The SMILES string of the molecule is CCN=C(N/N=C/c1cccn1-c1ccccc1Br)N(CC)CC. The summed E-state index contributed by atoms with van der Waals surface area (Å²) in [5.74, 6) is 0.803. The molecule has 0 atom stereocenters. The number of guanidine groups is 1. The lowest BCUT2D eigenvalue weighted by Crippen LogP contribution is -2.39. The molecular weight excluding hydrogens is 366 g/mol. The van der Waals surface area contributed by atoms with Crippen LogP contribution in [0, 0.1) is 0 Å². The molecular formula is C18H24BrN5. The van der Waals surface area contributed by atoms with Gasteiger partial charge in [0.05, 0.1) is 17.6 Å². The van der Waals surface area contributed by atoms with Crippen molar-refractivity contribution in [2.24, 2.45) is 10.1 Å². The van der Waals surface area contributed by atoms with E-state index in [1.807, 2.05) is 49.7 Å². The van der Waals surface area contributed by atoms with Crippen LogP contribution >= 0.6 is 15.9 Å². The van der Waals surface area contributed by atoms with Crippen molar-refractivity contribution in [2.45, 2.75) is 20.8 Å². The Labute approximate surface area is 152 Å². The third-order valence-electron chi connectivity index (χ3n) is 3.62. The van der Waals surface area contributed by atoms with E-state index in [-0.39, 0.29) is 0 Å². The molecule has 2 aromatic rings. The van der Waals surface area contributed by atoms with E-state index in [2.05, 4.69) is 60.8 Å². The minimum Gasteiger partial charge on any atom is -0.342 e. The average Bonchev–Trinajstić information content (AvgIpc) is 3.04. The number of nitrogens with zero attached hydrogens (tertiary/aromatic N) is 4. The maximum atomic E-state index is 4.48. The summed E-state index contributed by atoms with van der Waals surface area (Å²) in [5.41, 5.74) is 5.14. The van der Waals surface area contributed by atoms with Crippen LogP contribution in [0.15, 0.2) is 57.2 Å². The van der Waals surface area contributed by atoms with E-state index in [9.17, 15) is 0 Å². The molecule has 1 aromatic heterocycles. The Morgan fingerprint density at radius 1 is 1.17 bits per heavy atom. The van der Waals surface area contributed by atoms with Gasteiger partial charge in [0.2, 0.25) is 5.96 Å². The molecule has 24 heavy (non-hydrogen) atoms. The average molecular weight is 390 g/mol. The van der Waals surface area contributed by atoms with Crippen molar-refractivity contribution in [1.82, 2.24) is 14.9 Å². The quantitative estimate of drug-likeness (QED) is 0.462. The molecule has 128 valence electrons. The number of hydrogen-bond acceptors (Lipinski definition) is 2. The fourth-order valence-electron chi connectivity index (χ4n) is 2.40. The maximum absolute atomic E-state index is 4.48. The van der Waals surface area contributed by atoms with Gasteiger partial charge in [0.1, 0.15) is 0 Å². The highest BCUT2D eigenvalue weighted by Crippen LogP contribution is 2.21. The minimum atomic E-state index is 0.724. The summed E-state index contributed by atoms with van der Waals surface area (Å²) in [4.78, 5) is 6.63. The zero-order valence-corrected chi connectivity index (χ0v) is 16.0. The van der Waals surface area contributed by atoms with Gasteiger partial charge in [-0.15, -0.1) is 0 Å². The molecule has 0 unspecified atom stereocenters. The van der Waals surface area contributed by atoms with Gasteiger partial charge in [-0.25, -0.2) is 5.43 Å². The standard InChI is InChI=1S/C18H24BrN5/c1-4-20-18(23(5-2)6-3)22-21-14-15-10-9-13-24(15)17-12-8-7-11-16(17)19/h7-14H,4-6H2,1-3H3,(H,20,22)/b21-14+. The van der Waals surface area contributed by atoms with Gasteiger partial charge in [0.25, 0.3) is 0 Å². The van der Waals surface area contributed by atoms with Crippen LogP contribution in [0.1, 0.15) is 26.5 Å². The highest BCUT2D eigenvalue weighted by molar-refractivity contribution is 9.10. The van der Waals surface area contributed by atoms with Crippen LogP contribution < -0.4 is 5.43 Å². The Hall–Kier alpha value is -2.08. The topological polar surface area (TPSA) is 44.9 Å². The molecule has 5 nitrogen and oxygen atoms in total. The highest BCUT2D eigenvalue weighted by atomic mass is 79.9. The van der Waals surface area contributed by atoms with Gasteiger partial charge < -0.3 is 9.47 Å². The Bertz CT molecular complexity index is 701.